The van der Waals surface area contributed by atoms with Gasteiger partial charge in [0, 0.05) is 12.1 Å². The van der Waals surface area contributed by atoms with Crippen LogP contribution in [0, 0.1) is 11.6 Å². The summed E-state index contributed by atoms with van der Waals surface area (Å²) in [5.74, 6) is -3.75. The third kappa shape index (κ3) is 1.93. The molecule has 2 heterocycles. The Labute approximate surface area is 129 Å². The van der Waals surface area contributed by atoms with E-state index in [0.29, 0.717) is 4.57 Å². The molecular formula is C13H6BrF2N3O3. The summed E-state index contributed by atoms with van der Waals surface area (Å²) < 4.78 is 28.2. The summed E-state index contributed by atoms with van der Waals surface area (Å²) in [6.45, 7) is 0. The van der Waals surface area contributed by atoms with E-state index in [-0.39, 0.29) is 15.6 Å². The minimum absolute atomic E-state index is 0.130. The van der Waals surface area contributed by atoms with Gasteiger partial charge in [-0.05, 0) is 22.0 Å². The monoisotopic (exact) mass is 369 g/mol. The first-order valence-electron chi connectivity index (χ1n) is 5.87. The predicted molar refractivity (Wildman–Crippen MR) is 75.9 cm³/mol. The molecule has 2 amide bonds. The van der Waals surface area contributed by atoms with Gasteiger partial charge in [-0.25, -0.2) is 8.78 Å². The fraction of sp³-hybridized carbons (Fsp3) is 0. The Morgan fingerprint density at radius 3 is 2.41 bits per heavy atom. The highest BCUT2D eigenvalue weighted by molar-refractivity contribution is 9.10. The predicted octanol–water partition coefficient (Wildman–Crippen LogP) is 1.34. The number of rotatable bonds is 1. The maximum Gasteiger partial charge on any atom is 0.262 e. The lowest BCUT2D eigenvalue weighted by molar-refractivity contribution is 0.0880. The Kier molecular flexibility index (Phi) is 3.10. The third-order valence-corrected chi connectivity index (χ3v) is 3.79. The fourth-order valence-electron chi connectivity index (χ4n) is 2.21. The molecule has 9 heteroatoms. The van der Waals surface area contributed by atoms with Crippen LogP contribution in [0.5, 0.6) is 0 Å². The summed E-state index contributed by atoms with van der Waals surface area (Å²) in [4.78, 5) is 35.3. The molecule has 1 aliphatic heterocycles. The fourth-order valence-corrected chi connectivity index (χ4v) is 2.53. The maximum atomic E-state index is 14.0. The van der Waals surface area contributed by atoms with E-state index in [9.17, 15) is 23.2 Å². The van der Waals surface area contributed by atoms with E-state index in [2.05, 4.69) is 15.9 Å². The third-order valence-electron chi connectivity index (χ3n) is 3.18. The molecule has 3 rings (SSSR count). The molecule has 0 radical (unpaired) electrons. The number of pyridine rings is 1. The number of amides is 2. The minimum Gasteiger partial charge on any atom is -0.384 e. The molecule has 22 heavy (non-hydrogen) atoms. The first kappa shape index (κ1) is 14.4. The number of nitrogens with two attached hydrogens (primary N) is 1. The Morgan fingerprint density at radius 1 is 1.05 bits per heavy atom. The Balaban J connectivity index is 2.37. The van der Waals surface area contributed by atoms with Gasteiger partial charge >= 0.3 is 0 Å². The van der Waals surface area contributed by atoms with Crippen LogP contribution in [0.4, 0.5) is 14.6 Å². The van der Waals surface area contributed by atoms with E-state index in [1.807, 2.05) is 5.32 Å². The van der Waals surface area contributed by atoms with Gasteiger partial charge in [0.2, 0.25) is 0 Å². The quantitative estimate of drug-likeness (QED) is 0.585. The van der Waals surface area contributed by atoms with Gasteiger partial charge < -0.3 is 5.73 Å². The zero-order valence-electron chi connectivity index (χ0n) is 10.6. The van der Waals surface area contributed by atoms with Gasteiger partial charge in [0.05, 0.1) is 21.3 Å². The molecular weight excluding hydrogens is 364 g/mol. The molecule has 1 aliphatic rings. The number of nitrogens with zero attached hydrogens (tertiary/aromatic N) is 1. The maximum absolute atomic E-state index is 14.0. The summed E-state index contributed by atoms with van der Waals surface area (Å²) >= 11 is 2.81. The number of nitrogen functional groups attached to an aromatic ring is 1. The minimum atomic E-state index is -0.924. The molecule has 3 N–H and O–H groups in total. The number of hydrogen-bond acceptors (Lipinski definition) is 4. The molecule has 1 aromatic heterocycles. The highest BCUT2D eigenvalue weighted by Gasteiger charge is 2.32. The van der Waals surface area contributed by atoms with Crippen molar-refractivity contribution in [1.82, 2.24) is 9.88 Å². The van der Waals surface area contributed by atoms with E-state index < -0.39 is 40.5 Å². The molecule has 112 valence electrons. The van der Waals surface area contributed by atoms with E-state index >= 15 is 0 Å². The van der Waals surface area contributed by atoms with E-state index in [1.54, 1.807) is 0 Å². The first-order chi connectivity index (χ1) is 10.3. The van der Waals surface area contributed by atoms with Gasteiger partial charge in [-0.3, -0.25) is 24.3 Å². The van der Waals surface area contributed by atoms with Crippen molar-refractivity contribution >= 4 is 33.6 Å². The van der Waals surface area contributed by atoms with Gasteiger partial charge in [0.1, 0.15) is 17.5 Å². The number of anilines is 1. The standard InChI is InChI=1S/C13H6BrF2N3O3/c14-5-2-7(16)8(3-6(5)15)19-9(20)1-4-10(11(19)17)13(22)18-12(4)21/h1-3H,17H2,(H,18,21,22). The van der Waals surface area contributed by atoms with Crippen molar-refractivity contribution < 1.29 is 18.4 Å². The number of halogens is 3. The molecule has 0 atom stereocenters. The Morgan fingerprint density at radius 2 is 1.73 bits per heavy atom. The number of benzene rings is 1. The van der Waals surface area contributed by atoms with Crippen LogP contribution in [0.2, 0.25) is 0 Å². The lowest BCUT2D eigenvalue weighted by Gasteiger charge is -2.13. The van der Waals surface area contributed by atoms with Crippen molar-refractivity contribution in [2.45, 2.75) is 0 Å². The number of hydrogen-bond donors (Lipinski definition) is 2. The lowest BCUT2D eigenvalue weighted by Crippen LogP contribution is -2.25. The van der Waals surface area contributed by atoms with Crippen molar-refractivity contribution in [1.29, 1.82) is 0 Å². The van der Waals surface area contributed by atoms with Gasteiger partial charge in [0.25, 0.3) is 17.4 Å². The van der Waals surface area contributed by atoms with Crippen molar-refractivity contribution in [3.63, 3.8) is 0 Å². The van der Waals surface area contributed by atoms with E-state index in [1.165, 1.54) is 0 Å². The molecule has 0 fully saturated rings. The molecule has 0 unspecified atom stereocenters. The van der Waals surface area contributed by atoms with Gasteiger partial charge in [0.15, 0.2) is 0 Å². The average Bonchev–Trinajstić information content (AvgIpc) is 2.70. The van der Waals surface area contributed by atoms with Crippen LogP contribution < -0.4 is 16.6 Å². The largest absolute Gasteiger partial charge is 0.384 e. The SMILES string of the molecule is Nc1c2c(cc(=O)n1-c1cc(F)c(Br)cc1F)C(=O)NC2=O. The molecule has 0 saturated heterocycles. The normalized spacial score (nSPS) is 13.2. The summed E-state index contributed by atoms with van der Waals surface area (Å²) in [7, 11) is 0. The molecule has 2 aromatic rings. The lowest BCUT2D eigenvalue weighted by atomic mass is 10.1. The van der Waals surface area contributed by atoms with Crippen molar-refractivity contribution in [3.05, 3.63) is 55.8 Å². The van der Waals surface area contributed by atoms with Gasteiger partial charge in [-0.2, -0.15) is 0 Å². The molecule has 0 spiro atoms. The van der Waals surface area contributed by atoms with Crippen LogP contribution in [0.25, 0.3) is 5.69 Å². The zero-order valence-corrected chi connectivity index (χ0v) is 12.2. The summed E-state index contributed by atoms with van der Waals surface area (Å²) in [6.07, 6.45) is 0. The first-order valence-corrected chi connectivity index (χ1v) is 6.66. The second kappa shape index (κ2) is 4.73. The molecule has 6 nitrogen and oxygen atoms in total. The van der Waals surface area contributed by atoms with Crippen molar-refractivity contribution in [2.24, 2.45) is 0 Å². The van der Waals surface area contributed by atoms with Crippen LogP contribution in [-0.2, 0) is 0 Å². The number of carbonyl (C=O) groups is 2. The molecule has 1 aromatic carbocycles. The highest BCUT2D eigenvalue weighted by atomic mass is 79.9. The smallest absolute Gasteiger partial charge is 0.262 e. The van der Waals surface area contributed by atoms with E-state index in [4.69, 9.17) is 5.73 Å². The van der Waals surface area contributed by atoms with E-state index in [0.717, 1.165) is 18.2 Å². The number of nitrogens with one attached hydrogen (secondary N) is 1. The van der Waals surface area contributed by atoms with Gasteiger partial charge in [-0.1, -0.05) is 0 Å². The summed E-state index contributed by atoms with van der Waals surface area (Å²) in [6, 6.07) is 2.44. The molecule has 0 aliphatic carbocycles. The van der Waals surface area contributed by atoms with Crippen LogP contribution in [0.15, 0.2) is 27.5 Å². The second-order valence-corrected chi connectivity index (χ2v) is 5.35. The molecule has 0 bridgehead atoms. The molecule has 0 saturated carbocycles. The van der Waals surface area contributed by atoms with Crippen molar-refractivity contribution in [3.8, 4) is 5.69 Å². The zero-order chi connectivity index (χ0) is 16.2. The Hall–Kier alpha value is -2.55. The summed E-state index contributed by atoms with van der Waals surface area (Å²) in [5.41, 5.74) is 3.97. The number of aromatic nitrogens is 1. The average molecular weight is 370 g/mol. The number of carbonyl (C=O) groups excluding carboxylic acids is 2. The number of imide groups is 1. The topological polar surface area (TPSA) is 94.2 Å². The number of fused-ring (bicyclic) bond motifs is 1. The second-order valence-electron chi connectivity index (χ2n) is 4.49. The van der Waals surface area contributed by atoms with Crippen LogP contribution >= 0.6 is 15.9 Å². The Bertz CT molecular complexity index is 924. The summed E-state index contributed by atoms with van der Waals surface area (Å²) in [5, 5.41) is 1.98. The highest BCUT2D eigenvalue weighted by Crippen LogP contribution is 2.26. The van der Waals surface area contributed by atoms with Gasteiger partial charge in [-0.15, -0.1) is 0 Å². The van der Waals surface area contributed by atoms with Crippen molar-refractivity contribution in [2.75, 3.05) is 5.73 Å². The van der Waals surface area contributed by atoms with Crippen LogP contribution in [-0.4, -0.2) is 16.4 Å². The van der Waals surface area contributed by atoms with Crippen LogP contribution in [0.1, 0.15) is 20.7 Å². The van der Waals surface area contributed by atoms with Crippen LogP contribution in [0.3, 0.4) is 0 Å².